The van der Waals surface area contributed by atoms with Gasteiger partial charge in [-0.15, -0.1) is 0 Å². The zero-order valence-corrected chi connectivity index (χ0v) is 23.5. The maximum absolute atomic E-state index is 13.2. The molecule has 10 heteroatoms. The van der Waals surface area contributed by atoms with Crippen molar-refractivity contribution in [1.29, 1.82) is 5.41 Å². The van der Waals surface area contributed by atoms with Crippen LogP contribution < -0.4 is 16.5 Å². The molecule has 40 heavy (non-hydrogen) atoms. The quantitative estimate of drug-likeness (QED) is 0.199. The Morgan fingerprint density at radius 1 is 0.975 bits per heavy atom. The predicted molar refractivity (Wildman–Crippen MR) is 158 cm³/mol. The number of sulfonamides is 1. The van der Waals surface area contributed by atoms with Gasteiger partial charge in [0.1, 0.15) is 17.6 Å². The molecule has 0 radical (unpaired) electrons. The Morgan fingerprint density at radius 2 is 1.62 bits per heavy atom. The second kappa shape index (κ2) is 13.6. The zero-order valence-electron chi connectivity index (χ0n) is 22.7. The van der Waals surface area contributed by atoms with E-state index in [9.17, 15) is 13.2 Å². The van der Waals surface area contributed by atoms with Gasteiger partial charge in [0.05, 0.1) is 10.6 Å². The average Bonchev–Trinajstić information content (AvgIpc) is 2.96. The minimum Gasteiger partial charge on any atom is -0.383 e. The number of carbonyl (C=O) groups is 1. The average molecular weight is 564 g/mol. The molecule has 2 aromatic carbocycles. The minimum atomic E-state index is -3.62. The van der Waals surface area contributed by atoms with Gasteiger partial charge in [0.15, 0.2) is 6.20 Å². The first kappa shape index (κ1) is 29.4. The molecule has 0 spiro atoms. The summed E-state index contributed by atoms with van der Waals surface area (Å²) >= 11 is 0. The Kier molecular flexibility index (Phi) is 10.0. The highest BCUT2D eigenvalue weighted by Gasteiger charge is 2.29. The lowest BCUT2D eigenvalue weighted by atomic mass is 9.81. The first-order chi connectivity index (χ1) is 19.3. The summed E-state index contributed by atoms with van der Waals surface area (Å²) < 4.78 is 28.0. The molecule has 1 amide bonds. The number of nitrogens with zero attached hydrogens (tertiary/aromatic N) is 2. The molecular weight excluding hydrogens is 524 g/mol. The van der Waals surface area contributed by atoms with E-state index >= 15 is 0 Å². The minimum absolute atomic E-state index is 0.0218. The highest BCUT2D eigenvalue weighted by atomic mass is 32.2. The van der Waals surface area contributed by atoms with Crippen molar-refractivity contribution in [2.45, 2.75) is 49.8 Å². The van der Waals surface area contributed by atoms with E-state index < -0.39 is 15.9 Å². The number of nitrogens with two attached hydrogens (primary N) is 2. The van der Waals surface area contributed by atoms with E-state index in [0.29, 0.717) is 24.7 Å². The fraction of sp³-hybridized carbons (Fsp3) is 0.400. The third-order valence-corrected chi connectivity index (χ3v) is 9.75. The molecule has 1 unspecified atom stereocenters. The highest BCUT2D eigenvalue weighted by molar-refractivity contribution is 7.89. The van der Waals surface area contributed by atoms with Crippen LogP contribution in [0.15, 0.2) is 76.3 Å². The fourth-order valence-corrected chi connectivity index (χ4v) is 6.94. The number of hydrogen-bond acceptors (Lipinski definition) is 5. The van der Waals surface area contributed by atoms with Crippen LogP contribution >= 0.6 is 0 Å². The summed E-state index contributed by atoms with van der Waals surface area (Å²) in [5, 5.41) is 7.62. The molecule has 2 aliphatic rings. The summed E-state index contributed by atoms with van der Waals surface area (Å²) in [7, 11) is -3.62. The lowest BCUT2D eigenvalue weighted by molar-refractivity contribution is -0.370. The van der Waals surface area contributed by atoms with Gasteiger partial charge in [-0.1, -0.05) is 43.2 Å². The molecule has 2 atom stereocenters. The molecule has 2 aromatic rings. The van der Waals surface area contributed by atoms with Crippen LogP contribution in [-0.4, -0.2) is 50.0 Å². The van der Waals surface area contributed by atoms with Crippen LogP contribution in [0, 0.1) is 23.2 Å². The van der Waals surface area contributed by atoms with Crippen LogP contribution in [0.4, 0.5) is 5.69 Å². The molecule has 6 N–H and O–H groups in total. The van der Waals surface area contributed by atoms with Crippen molar-refractivity contribution in [2.24, 2.45) is 34.2 Å². The first-order valence-corrected chi connectivity index (χ1v) is 15.3. The van der Waals surface area contributed by atoms with E-state index in [1.54, 1.807) is 16.4 Å². The Labute approximate surface area is 236 Å². The van der Waals surface area contributed by atoms with Gasteiger partial charge in [-0.2, -0.15) is 4.31 Å². The van der Waals surface area contributed by atoms with Crippen molar-refractivity contribution in [3.8, 4) is 0 Å². The zero-order chi connectivity index (χ0) is 28.5. The SMILES string of the molecule is N=C[C@@H]1CCCCC1C=[NH+]/C=C(/C(N)=O)C(N)=Nc1ccc(S(=O)(=O)N2CCC(Cc3ccccc3)CC2)cc1. The second-order valence-corrected chi connectivity index (χ2v) is 12.5. The van der Waals surface area contributed by atoms with Crippen molar-refractivity contribution in [3.63, 3.8) is 0 Å². The van der Waals surface area contributed by atoms with E-state index in [2.05, 4.69) is 22.1 Å². The Bertz CT molecular complexity index is 1360. The number of nitrogens with one attached hydrogen (secondary N) is 2. The van der Waals surface area contributed by atoms with Crippen molar-refractivity contribution in [2.75, 3.05) is 13.1 Å². The number of primary amides is 1. The van der Waals surface area contributed by atoms with Gasteiger partial charge in [0, 0.05) is 24.9 Å². The fourth-order valence-electron chi connectivity index (χ4n) is 5.47. The van der Waals surface area contributed by atoms with Gasteiger partial charge < -0.3 is 16.9 Å². The number of piperidine rings is 1. The molecular formula is C30H39N6O3S+. The molecule has 212 valence electrons. The maximum Gasteiger partial charge on any atom is 0.258 e. The van der Waals surface area contributed by atoms with Gasteiger partial charge in [-0.05, 0) is 74.1 Å². The highest BCUT2D eigenvalue weighted by Crippen LogP contribution is 2.28. The molecule has 0 aromatic heterocycles. The molecule has 4 rings (SSSR count). The number of amidine groups is 1. The van der Waals surface area contributed by atoms with Crippen molar-refractivity contribution in [1.82, 2.24) is 4.31 Å². The van der Waals surface area contributed by atoms with E-state index in [4.69, 9.17) is 16.9 Å². The number of benzene rings is 2. The van der Waals surface area contributed by atoms with Gasteiger partial charge in [-0.3, -0.25) is 4.79 Å². The first-order valence-electron chi connectivity index (χ1n) is 13.9. The van der Waals surface area contributed by atoms with E-state index in [0.717, 1.165) is 44.9 Å². The number of hydrogen-bond donors (Lipinski definition) is 4. The second-order valence-electron chi connectivity index (χ2n) is 10.6. The third-order valence-electron chi connectivity index (χ3n) is 7.83. The summed E-state index contributed by atoms with van der Waals surface area (Å²) in [5.74, 6) is 0.0290. The molecule has 1 heterocycles. The molecule has 1 aliphatic heterocycles. The maximum atomic E-state index is 13.2. The lowest BCUT2D eigenvalue weighted by Gasteiger charge is -2.31. The molecule has 1 saturated heterocycles. The van der Waals surface area contributed by atoms with Crippen LogP contribution in [0.5, 0.6) is 0 Å². The van der Waals surface area contributed by atoms with Crippen molar-refractivity contribution in [3.05, 3.63) is 71.9 Å². The Balaban J connectivity index is 1.39. The van der Waals surface area contributed by atoms with Crippen LogP contribution in [0.2, 0.25) is 0 Å². The Hall–Kier alpha value is -3.63. The van der Waals surface area contributed by atoms with Gasteiger partial charge in [0.2, 0.25) is 10.0 Å². The summed E-state index contributed by atoms with van der Waals surface area (Å²) in [4.78, 5) is 19.5. The third kappa shape index (κ3) is 7.51. The molecule has 0 bridgehead atoms. The topological polar surface area (TPSA) is 157 Å². The molecule has 1 saturated carbocycles. The Morgan fingerprint density at radius 3 is 2.25 bits per heavy atom. The molecule has 9 nitrogen and oxygen atoms in total. The van der Waals surface area contributed by atoms with E-state index in [-0.39, 0.29) is 28.1 Å². The van der Waals surface area contributed by atoms with Crippen LogP contribution in [0.1, 0.15) is 44.1 Å². The number of rotatable bonds is 10. The van der Waals surface area contributed by atoms with Crippen molar-refractivity contribution >= 4 is 39.9 Å². The summed E-state index contributed by atoms with van der Waals surface area (Å²) in [6, 6.07) is 16.4. The largest absolute Gasteiger partial charge is 0.383 e. The van der Waals surface area contributed by atoms with Gasteiger partial charge in [0.25, 0.3) is 5.91 Å². The van der Waals surface area contributed by atoms with Crippen LogP contribution in [-0.2, 0) is 21.2 Å². The standard InChI is InChI=1S/C30H38N6O3S/c31-19-24-8-4-5-9-25(24)20-34-21-28(30(33)37)29(32)35-26-10-12-27(13-11-26)40(38,39)36-16-14-23(15-17-36)18-22-6-2-1-3-7-22/h1-3,6-7,10-13,19-21,23-25,31H,4-5,8-9,14-18H2,(H2,32,35)(H2,33,37)/p+1/b28-21+,31-19?,34-20?/t24-,25?/m0/s1. The summed E-state index contributed by atoms with van der Waals surface area (Å²) in [5.41, 5.74) is 13.3. The lowest BCUT2D eigenvalue weighted by Crippen LogP contribution is -2.64. The van der Waals surface area contributed by atoms with Gasteiger partial charge in [-0.25, -0.2) is 18.4 Å². The number of aliphatic imine (C=N–C) groups is 1. The van der Waals surface area contributed by atoms with Crippen molar-refractivity contribution < 1.29 is 18.2 Å². The summed E-state index contributed by atoms with van der Waals surface area (Å²) in [6.07, 6.45) is 11.5. The molecule has 1 aliphatic carbocycles. The van der Waals surface area contributed by atoms with E-state index in [1.165, 1.54) is 30.1 Å². The normalized spacial score (nSPS) is 21.9. The smallest absolute Gasteiger partial charge is 0.258 e. The van der Waals surface area contributed by atoms with Crippen LogP contribution in [0.25, 0.3) is 0 Å². The van der Waals surface area contributed by atoms with Gasteiger partial charge >= 0.3 is 0 Å². The predicted octanol–water partition coefficient (Wildman–Crippen LogP) is 2.30. The van der Waals surface area contributed by atoms with Crippen LogP contribution in [0.3, 0.4) is 0 Å². The monoisotopic (exact) mass is 563 g/mol. The summed E-state index contributed by atoms with van der Waals surface area (Å²) in [6.45, 7) is 0.982. The number of amides is 1. The van der Waals surface area contributed by atoms with E-state index in [1.807, 2.05) is 24.4 Å². The number of carbonyl (C=O) groups excluding carboxylic acids is 1. The molecule has 2 fully saturated rings.